The highest BCUT2D eigenvalue weighted by Crippen LogP contribution is 2.05. The molecule has 0 aliphatic carbocycles. The molecule has 0 aliphatic rings. The van der Waals surface area contributed by atoms with E-state index in [0.717, 1.165) is 0 Å². The van der Waals surface area contributed by atoms with E-state index in [9.17, 15) is 4.79 Å². The van der Waals surface area contributed by atoms with Gasteiger partial charge in [0.2, 0.25) is 0 Å². The molecule has 1 aromatic rings. The average Bonchev–Trinajstić information content (AvgIpc) is 2.19. The minimum atomic E-state index is -0.205. The maximum absolute atomic E-state index is 11.2. The Morgan fingerprint density at radius 1 is 1.38 bits per heavy atom. The van der Waals surface area contributed by atoms with Gasteiger partial charge < -0.3 is 10.1 Å². The fraction of sp³-hybridized carbons (Fsp3) is 0.462. The standard InChI is InChI=1S/C13H19NO2/c1-10(2)16-13(15)9-14-8-12-7-5-4-6-11(12)3/h4-7,10,14H,8-9H2,1-3H3. The molecule has 0 atom stereocenters. The highest BCUT2D eigenvalue weighted by Gasteiger charge is 2.04. The molecule has 3 heteroatoms. The van der Waals surface area contributed by atoms with Gasteiger partial charge in [0.25, 0.3) is 0 Å². The van der Waals surface area contributed by atoms with E-state index < -0.39 is 0 Å². The van der Waals surface area contributed by atoms with Gasteiger partial charge in [-0.25, -0.2) is 0 Å². The van der Waals surface area contributed by atoms with E-state index in [1.54, 1.807) is 0 Å². The van der Waals surface area contributed by atoms with Crippen LogP contribution in [0.2, 0.25) is 0 Å². The molecule has 0 saturated carbocycles. The van der Waals surface area contributed by atoms with Crippen molar-refractivity contribution >= 4 is 5.97 Å². The lowest BCUT2D eigenvalue weighted by Gasteiger charge is -2.09. The zero-order valence-corrected chi connectivity index (χ0v) is 10.1. The van der Waals surface area contributed by atoms with Gasteiger partial charge in [-0.1, -0.05) is 24.3 Å². The quantitative estimate of drug-likeness (QED) is 0.773. The fourth-order valence-corrected chi connectivity index (χ4v) is 1.41. The van der Waals surface area contributed by atoms with Gasteiger partial charge in [-0.05, 0) is 31.9 Å². The Balaban J connectivity index is 2.31. The maximum Gasteiger partial charge on any atom is 0.320 e. The van der Waals surface area contributed by atoms with Crippen LogP contribution in [-0.4, -0.2) is 18.6 Å². The van der Waals surface area contributed by atoms with E-state index in [1.165, 1.54) is 11.1 Å². The molecule has 0 aromatic heterocycles. The normalized spacial score (nSPS) is 10.5. The van der Waals surface area contributed by atoms with Crippen molar-refractivity contribution in [3.63, 3.8) is 0 Å². The third-order valence-corrected chi connectivity index (χ3v) is 2.21. The van der Waals surface area contributed by atoms with Gasteiger partial charge in [0.05, 0.1) is 12.6 Å². The van der Waals surface area contributed by atoms with Crippen LogP contribution in [0.5, 0.6) is 0 Å². The largest absolute Gasteiger partial charge is 0.462 e. The Hall–Kier alpha value is -1.35. The second kappa shape index (κ2) is 6.28. The molecule has 0 radical (unpaired) electrons. The highest BCUT2D eigenvalue weighted by molar-refractivity contribution is 5.71. The number of carbonyl (C=O) groups is 1. The summed E-state index contributed by atoms with van der Waals surface area (Å²) in [5.74, 6) is -0.205. The molecule has 1 aromatic carbocycles. The van der Waals surface area contributed by atoms with Gasteiger partial charge in [0.15, 0.2) is 0 Å². The first-order chi connectivity index (χ1) is 7.59. The molecule has 0 heterocycles. The summed E-state index contributed by atoms with van der Waals surface area (Å²) in [5.41, 5.74) is 2.44. The van der Waals surface area contributed by atoms with Crippen LogP contribution in [0.4, 0.5) is 0 Å². The molecule has 16 heavy (non-hydrogen) atoms. The number of nitrogens with one attached hydrogen (secondary N) is 1. The molecular formula is C13H19NO2. The number of carbonyl (C=O) groups excluding carboxylic acids is 1. The van der Waals surface area contributed by atoms with Crippen molar-refractivity contribution < 1.29 is 9.53 Å². The molecular weight excluding hydrogens is 202 g/mol. The Kier molecular flexibility index (Phi) is 4.99. The molecule has 0 spiro atoms. The van der Waals surface area contributed by atoms with Gasteiger partial charge in [-0.3, -0.25) is 4.79 Å². The summed E-state index contributed by atoms with van der Waals surface area (Å²) in [5, 5.41) is 3.07. The van der Waals surface area contributed by atoms with Crippen molar-refractivity contribution in [3.8, 4) is 0 Å². The van der Waals surface area contributed by atoms with Crippen LogP contribution in [0.1, 0.15) is 25.0 Å². The van der Waals surface area contributed by atoms with Gasteiger partial charge >= 0.3 is 5.97 Å². The van der Waals surface area contributed by atoms with Gasteiger partial charge in [-0.15, -0.1) is 0 Å². The van der Waals surface area contributed by atoms with E-state index in [-0.39, 0.29) is 18.6 Å². The van der Waals surface area contributed by atoms with E-state index in [4.69, 9.17) is 4.74 Å². The first kappa shape index (κ1) is 12.7. The molecule has 0 fully saturated rings. The summed E-state index contributed by atoms with van der Waals surface area (Å²) < 4.78 is 5.02. The molecule has 0 unspecified atom stereocenters. The third-order valence-electron chi connectivity index (χ3n) is 2.21. The van der Waals surface area contributed by atoms with Crippen LogP contribution >= 0.6 is 0 Å². The summed E-state index contributed by atoms with van der Waals surface area (Å²) in [6, 6.07) is 8.11. The first-order valence-electron chi connectivity index (χ1n) is 5.54. The second-order valence-corrected chi connectivity index (χ2v) is 4.07. The Labute approximate surface area is 96.8 Å². The van der Waals surface area contributed by atoms with E-state index in [0.29, 0.717) is 6.54 Å². The van der Waals surface area contributed by atoms with Crippen LogP contribution in [0.25, 0.3) is 0 Å². The van der Waals surface area contributed by atoms with E-state index in [1.807, 2.05) is 26.0 Å². The summed E-state index contributed by atoms with van der Waals surface area (Å²) in [6.07, 6.45) is -0.0484. The predicted octanol–water partition coefficient (Wildman–Crippen LogP) is 2.04. The number of benzene rings is 1. The number of hydrogen-bond donors (Lipinski definition) is 1. The molecule has 0 amide bonds. The minimum Gasteiger partial charge on any atom is -0.462 e. The summed E-state index contributed by atoms with van der Waals surface area (Å²) >= 11 is 0. The fourth-order valence-electron chi connectivity index (χ4n) is 1.41. The number of hydrogen-bond acceptors (Lipinski definition) is 3. The SMILES string of the molecule is Cc1ccccc1CNCC(=O)OC(C)C. The van der Waals surface area contributed by atoms with Crippen molar-refractivity contribution in [2.24, 2.45) is 0 Å². The van der Waals surface area contributed by atoms with Crippen LogP contribution in [0.15, 0.2) is 24.3 Å². The molecule has 0 saturated heterocycles. The maximum atomic E-state index is 11.2. The zero-order chi connectivity index (χ0) is 12.0. The lowest BCUT2D eigenvalue weighted by atomic mass is 10.1. The number of rotatable bonds is 5. The molecule has 0 bridgehead atoms. The van der Waals surface area contributed by atoms with Gasteiger partial charge in [0, 0.05) is 6.54 Å². The van der Waals surface area contributed by atoms with E-state index >= 15 is 0 Å². The molecule has 3 nitrogen and oxygen atoms in total. The third kappa shape index (κ3) is 4.45. The van der Waals surface area contributed by atoms with Crippen molar-refractivity contribution in [3.05, 3.63) is 35.4 Å². The number of esters is 1. The smallest absolute Gasteiger partial charge is 0.320 e. The van der Waals surface area contributed by atoms with E-state index in [2.05, 4.69) is 24.4 Å². The number of ether oxygens (including phenoxy) is 1. The lowest BCUT2D eigenvalue weighted by molar-refractivity contribution is -0.146. The van der Waals surface area contributed by atoms with Crippen molar-refractivity contribution in [2.75, 3.05) is 6.54 Å². The molecule has 1 rings (SSSR count). The Morgan fingerprint density at radius 2 is 2.06 bits per heavy atom. The Bertz CT molecular complexity index is 348. The zero-order valence-electron chi connectivity index (χ0n) is 10.1. The Morgan fingerprint density at radius 3 is 2.69 bits per heavy atom. The summed E-state index contributed by atoms with van der Waals surface area (Å²) in [7, 11) is 0. The summed E-state index contributed by atoms with van der Waals surface area (Å²) in [4.78, 5) is 11.2. The van der Waals surface area contributed by atoms with Crippen LogP contribution in [0.3, 0.4) is 0 Å². The van der Waals surface area contributed by atoms with Crippen LogP contribution < -0.4 is 5.32 Å². The molecule has 88 valence electrons. The second-order valence-electron chi connectivity index (χ2n) is 4.07. The number of aryl methyl sites for hydroxylation is 1. The topological polar surface area (TPSA) is 38.3 Å². The highest BCUT2D eigenvalue weighted by atomic mass is 16.5. The van der Waals surface area contributed by atoms with Gasteiger partial charge in [-0.2, -0.15) is 0 Å². The monoisotopic (exact) mass is 221 g/mol. The van der Waals surface area contributed by atoms with Crippen molar-refractivity contribution in [2.45, 2.75) is 33.4 Å². The minimum absolute atomic E-state index is 0.0484. The predicted molar refractivity (Wildman–Crippen MR) is 64.1 cm³/mol. The first-order valence-corrected chi connectivity index (χ1v) is 5.54. The molecule has 1 N–H and O–H groups in total. The van der Waals surface area contributed by atoms with Crippen LogP contribution in [0, 0.1) is 6.92 Å². The molecule has 0 aliphatic heterocycles. The van der Waals surface area contributed by atoms with Crippen molar-refractivity contribution in [1.82, 2.24) is 5.32 Å². The van der Waals surface area contributed by atoms with Crippen LogP contribution in [-0.2, 0) is 16.1 Å². The van der Waals surface area contributed by atoms with Crippen molar-refractivity contribution in [1.29, 1.82) is 0 Å². The summed E-state index contributed by atoms with van der Waals surface area (Å²) in [6.45, 7) is 6.70. The van der Waals surface area contributed by atoms with Gasteiger partial charge in [0.1, 0.15) is 0 Å². The lowest BCUT2D eigenvalue weighted by Crippen LogP contribution is -2.26. The average molecular weight is 221 g/mol.